The molecule has 0 aliphatic heterocycles. The van der Waals surface area contributed by atoms with E-state index in [0.717, 1.165) is 18.4 Å². The molecule has 0 aliphatic carbocycles. The van der Waals surface area contributed by atoms with Crippen LogP contribution in [0.25, 0.3) is 11.5 Å². The van der Waals surface area contributed by atoms with Gasteiger partial charge in [-0.15, -0.1) is 0 Å². The third-order valence-corrected chi connectivity index (χ3v) is 2.10. The molecule has 6 heteroatoms. The molecular formula is C11H6F3NO2. The topological polar surface area (TPSA) is 43.1 Å². The fourth-order valence-electron chi connectivity index (χ4n) is 1.27. The highest BCUT2D eigenvalue weighted by Gasteiger charge is 2.30. The van der Waals surface area contributed by atoms with E-state index >= 15 is 0 Å². The summed E-state index contributed by atoms with van der Waals surface area (Å²) in [5.74, 6) is 0.112. The first kappa shape index (κ1) is 11.4. The smallest absolute Gasteiger partial charge is 0.416 e. The molecule has 17 heavy (non-hydrogen) atoms. The minimum atomic E-state index is -4.37. The largest absolute Gasteiger partial charge is 0.444 e. The molecule has 0 bridgehead atoms. The van der Waals surface area contributed by atoms with Crippen molar-refractivity contribution in [1.82, 2.24) is 4.98 Å². The minimum Gasteiger partial charge on any atom is -0.444 e. The SMILES string of the molecule is O=Cc1coc(-c2ccc(C(F)(F)F)cc2)n1. The van der Waals surface area contributed by atoms with Gasteiger partial charge in [-0.3, -0.25) is 4.79 Å². The van der Waals surface area contributed by atoms with Gasteiger partial charge in [-0.2, -0.15) is 13.2 Å². The van der Waals surface area contributed by atoms with Gasteiger partial charge in [0.15, 0.2) is 6.29 Å². The summed E-state index contributed by atoms with van der Waals surface area (Å²) < 4.78 is 41.8. The van der Waals surface area contributed by atoms with Gasteiger partial charge < -0.3 is 4.42 Å². The standard InChI is InChI=1S/C11H6F3NO2/c12-11(13,14)8-3-1-7(2-4-8)10-15-9(5-16)6-17-10/h1-6H. The molecule has 0 radical (unpaired) electrons. The third-order valence-electron chi connectivity index (χ3n) is 2.10. The van der Waals surface area contributed by atoms with Gasteiger partial charge in [0.25, 0.3) is 0 Å². The number of halogens is 3. The lowest BCUT2D eigenvalue weighted by atomic mass is 10.1. The second kappa shape index (κ2) is 4.04. The molecule has 1 aromatic carbocycles. The molecule has 0 N–H and O–H groups in total. The zero-order chi connectivity index (χ0) is 12.5. The summed E-state index contributed by atoms with van der Waals surface area (Å²) in [6.07, 6.45) is -2.74. The van der Waals surface area contributed by atoms with Crippen molar-refractivity contribution in [3.8, 4) is 11.5 Å². The van der Waals surface area contributed by atoms with Gasteiger partial charge in [-0.1, -0.05) is 0 Å². The normalized spacial score (nSPS) is 11.5. The number of hydrogen-bond donors (Lipinski definition) is 0. The van der Waals surface area contributed by atoms with Gasteiger partial charge in [0.2, 0.25) is 5.89 Å². The van der Waals surface area contributed by atoms with Crippen molar-refractivity contribution in [3.63, 3.8) is 0 Å². The summed E-state index contributed by atoms with van der Waals surface area (Å²) >= 11 is 0. The maximum atomic E-state index is 12.3. The quantitative estimate of drug-likeness (QED) is 0.758. The monoisotopic (exact) mass is 241 g/mol. The predicted molar refractivity (Wildman–Crippen MR) is 52.3 cm³/mol. The van der Waals surface area contributed by atoms with Crippen LogP contribution >= 0.6 is 0 Å². The van der Waals surface area contributed by atoms with Crippen molar-refractivity contribution in [2.24, 2.45) is 0 Å². The molecule has 2 aromatic rings. The Morgan fingerprint density at radius 3 is 2.29 bits per heavy atom. The van der Waals surface area contributed by atoms with Crippen LogP contribution in [0.3, 0.4) is 0 Å². The van der Waals surface area contributed by atoms with Crippen LogP contribution in [-0.2, 0) is 6.18 Å². The van der Waals surface area contributed by atoms with Crippen LogP contribution in [0.1, 0.15) is 16.1 Å². The van der Waals surface area contributed by atoms with Gasteiger partial charge in [-0.25, -0.2) is 4.98 Å². The molecule has 1 heterocycles. The number of carbonyl (C=O) groups excluding carboxylic acids is 1. The number of oxazole rings is 1. The average molecular weight is 241 g/mol. The Labute approximate surface area is 93.9 Å². The van der Waals surface area contributed by atoms with Gasteiger partial charge in [-0.05, 0) is 24.3 Å². The Balaban J connectivity index is 2.32. The van der Waals surface area contributed by atoms with E-state index in [2.05, 4.69) is 4.98 Å². The molecule has 0 aliphatic rings. The lowest BCUT2D eigenvalue weighted by Gasteiger charge is -2.05. The van der Waals surface area contributed by atoms with E-state index in [0.29, 0.717) is 11.8 Å². The number of aldehydes is 1. The molecular weight excluding hydrogens is 235 g/mol. The zero-order valence-electron chi connectivity index (χ0n) is 8.36. The molecule has 0 atom stereocenters. The Kier molecular flexibility index (Phi) is 2.71. The number of rotatable bonds is 2. The molecule has 0 fully saturated rings. The maximum absolute atomic E-state index is 12.3. The predicted octanol–water partition coefficient (Wildman–Crippen LogP) is 3.17. The fourth-order valence-corrected chi connectivity index (χ4v) is 1.27. The molecule has 88 valence electrons. The fraction of sp³-hybridized carbons (Fsp3) is 0.0909. The molecule has 0 saturated carbocycles. The molecule has 0 saturated heterocycles. The van der Waals surface area contributed by atoms with Crippen LogP contribution in [0, 0.1) is 0 Å². The number of nitrogens with zero attached hydrogens (tertiary/aromatic N) is 1. The summed E-state index contributed by atoms with van der Waals surface area (Å²) in [7, 11) is 0. The van der Waals surface area contributed by atoms with Gasteiger partial charge in [0, 0.05) is 5.56 Å². The van der Waals surface area contributed by atoms with E-state index in [4.69, 9.17) is 4.42 Å². The van der Waals surface area contributed by atoms with E-state index in [1.165, 1.54) is 12.1 Å². The summed E-state index contributed by atoms with van der Waals surface area (Å²) in [4.78, 5) is 14.1. The average Bonchev–Trinajstić information content (AvgIpc) is 2.76. The van der Waals surface area contributed by atoms with Crippen molar-refractivity contribution in [1.29, 1.82) is 0 Å². The number of alkyl halides is 3. The molecule has 0 unspecified atom stereocenters. The first-order chi connectivity index (χ1) is 8.00. The molecule has 1 aromatic heterocycles. The Hall–Kier alpha value is -2.11. The second-order valence-corrected chi connectivity index (χ2v) is 3.27. The van der Waals surface area contributed by atoms with Crippen molar-refractivity contribution >= 4 is 6.29 Å². The lowest BCUT2D eigenvalue weighted by molar-refractivity contribution is -0.137. The van der Waals surface area contributed by atoms with Crippen molar-refractivity contribution in [3.05, 3.63) is 41.8 Å². The number of aromatic nitrogens is 1. The van der Waals surface area contributed by atoms with Crippen LogP contribution < -0.4 is 0 Å². The summed E-state index contributed by atoms with van der Waals surface area (Å²) in [6.45, 7) is 0. The highest BCUT2D eigenvalue weighted by molar-refractivity contribution is 5.72. The van der Waals surface area contributed by atoms with E-state index in [9.17, 15) is 18.0 Å². The Morgan fingerprint density at radius 1 is 1.18 bits per heavy atom. The van der Waals surface area contributed by atoms with Crippen LogP contribution in [0.15, 0.2) is 34.9 Å². The Bertz CT molecular complexity index is 528. The highest BCUT2D eigenvalue weighted by Crippen LogP contribution is 2.30. The molecule has 3 nitrogen and oxygen atoms in total. The van der Waals surface area contributed by atoms with E-state index < -0.39 is 11.7 Å². The Morgan fingerprint density at radius 2 is 1.82 bits per heavy atom. The summed E-state index contributed by atoms with van der Waals surface area (Å²) in [5.41, 5.74) is -0.269. The van der Waals surface area contributed by atoms with E-state index in [-0.39, 0.29) is 11.6 Å². The first-order valence-electron chi connectivity index (χ1n) is 4.59. The van der Waals surface area contributed by atoms with Crippen LogP contribution in [-0.4, -0.2) is 11.3 Å². The first-order valence-corrected chi connectivity index (χ1v) is 4.59. The van der Waals surface area contributed by atoms with Crippen LogP contribution in [0.5, 0.6) is 0 Å². The second-order valence-electron chi connectivity index (χ2n) is 3.27. The zero-order valence-corrected chi connectivity index (χ0v) is 8.36. The highest BCUT2D eigenvalue weighted by atomic mass is 19.4. The number of benzene rings is 1. The third kappa shape index (κ3) is 2.35. The van der Waals surface area contributed by atoms with Gasteiger partial charge in [0.05, 0.1) is 5.56 Å². The summed E-state index contributed by atoms with van der Waals surface area (Å²) in [6, 6.07) is 4.34. The maximum Gasteiger partial charge on any atom is 0.416 e. The van der Waals surface area contributed by atoms with Crippen molar-refractivity contribution in [2.45, 2.75) is 6.18 Å². The van der Waals surface area contributed by atoms with E-state index in [1.807, 2.05) is 0 Å². The van der Waals surface area contributed by atoms with Crippen molar-refractivity contribution in [2.75, 3.05) is 0 Å². The number of hydrogen-bond acceptors (Lipinski definition) is 3. The van der Waals surface area contributed by atoms with Gasteiger partial charge in [0.1, 0.15) is 12.0 Å². The molecule has 0 amide bonds. The molecule has 0 spiro atoms. The van der Waals surface area contributed by atoms with Crippen LogP contribution in [0.2, 0.25) is 0 Å². The number of carbonyl (C=O) groups is 1. The van der Waals surface area contributed by atoms with Crippen molar-refractivity contribution < 1.29 is 22.4 Å². The lowest BCUT2D eigenvalue weighted by Crippen LogP contribution is -2.03. The van der Waals surface area contributed by atoms with Crippen LogP contribution in [0.4, 0.5) is 13.2 Å². The van der Waals surface area contributed by atoms with E-state index in [1.54, 1.807) is 0 Å². The summed E-state index contributed by atoms with van der Waals surface area (Å²) in [5, 5.41) is 0. The molecule has 2 rings (SSSR count). The van der Waals surface area contributed by atoms with Gasteiger partial charge >= 0.3 is 6.18 Å². The minimum absolute atomic E-state index is 0.0971.